The number of fused-ring (bicyclic) bond motifs is 2. The van der Waals surface area contributed by atoms with Gasteiger partial charge < -0.3 is 10.6 Å². The standard InChI is InChI=1S/C21H23FN2O2/c1-2-18(25)24-8-4-6-13(11-24)19-17(22)10-16(21(23)26)15-9-12-5-3-7-14(12)20(15)19/h2,10,13H,1,3-9,11H2,(H2,23,26). The summed E-state index contributed by atoms with van der Waals surface area (Å²) < 4.78 is 15.2. The zero-order valence-corrected chi connectivity index (χ0v) is 14.8. The van der Waals surface area contributed by atoms with E-state index in [0.29, 0.717) is 30.6 Å². The molecule has 1 aromatic rings. The molecular formula is C21H23FN2O2. The van der Waals surface area contributed by atoms with Crippen LogP contribution in [-0.4, -0.2) is 29.8 Å². The fourth-order valence-corrected chi connectivity index (χ4v) is 4.91. The molecule has 1 atom stereocenters. The number of carbonyl (C=O) groups excluding carboxylic acids is 2. The molecule has 1 heterocycles. The van der Waals surface area contributed by atoms with Gasteiger partial charge in [0, 0.05) is 30.1 Å². The minimum atomic E-state index is -0.569. The average molecular weight is 354 g/mol. The number of piperidine rings is 1. The first-order valence-corrected chi connectivity index (χ1v) is 9.29. The first-order valence-electron chi connectivity index (χ1n) is 9.29. The van der Waals surface area contributed by atoms with Crippen LogP contribution in [0.1, 0.15) is 65.1 Å². The van der Waals surface area contributed by atoms with Crippen molar-refractivity contribution in [3.05, 3.63) is 52.4 Å². The SMILES string of the molecule is C=CC(=O)N1CCCC(c2c(F)cc(C(N)=O)c3c2C2=C(CCC2)C3)C1. The molecule has 3 aliphatic rings. The molecule has 1 unspecified atom stereocenters. The number of primary amides is 1. The Kier molecular flexibility index (Phi) is 4.17. The molecule has 1 aliphatic heterocycles. The van der Waals surface area contributed by atoms with Gasteiger partial charge in [0.05, 0.1) is 0 Å². The molecule has 2 N–H and O–H groups in total. The number of hydrogen-bond acceptors (Lipinski definition) is 2. The molecule has 5 heteroatoms. The number of hydrogen-bond donors (Lipinski definition) is 1. The molecule has 0 radical (unpaired) electrons. The molecule has 1 saturated heterocycles. The van der Waals surface area contributed by atoms with Crippen LogP contribution in [0.3, 0.4) is 0 Å². The number of allylic oxidation sites excluding steroid dienone is 2. The zero-order chi connectivity index (χ0) is 18.4. The Morgan fingerprint density at radius 2 is 2.12 bits per heavy atom. The normalized spacial score (nSPS) is 21.6. The van der Waals surface area contributed by atoms with Gasteiger partial charge in [-0.15, -0.1) is 0 Å². The van der Waals surface area contributed by atoms with Crippen molar-refractivity contribution in [3.63, 3.8) is 0 Å². The van der Waals surface area contributed by atoms with Crippen LogP contribution in [0.2, 0.25) is 0 Å². The third-order valence-electron chi connectivity index (χ3n) is 6.03. The predicted molar refractivity (Wildman–Crippen MR) is 98.1 cm³/mol. The third-order valence-corrected chi connectivity index (χ3v) is 6.03. The van der Waals surface area contributed by atoms with E-state index in [0.717, 1.165) is 43.2 Å². The number of rotatable bonds is 3. The smallest absolute Gasteiger partial charge is 0.249 e. The van der Waals surface area contributed by atoms with Gasteiger partial charge in [-0.05, 0) is 67.4 Å². The van der Waals surface area contributed by atoms with Crippen molar-refractivity contribution in [1.82, 2.24) is 4.90 Å². The highest BCUT2D eigenvalue weighted by Gasteiger charge is 2.36. The molecule has 136 valence electrons. The van der Waals surface area contributed by atoms with E-state index in [1.807, 2.05) is 0 Å². The highest BCUT2D eigenvalue weighted by atomic mass is 19.1. The second-order valence-electron chi connectivity index (χ2n) is 7.48. The highest BCUT2D eigenvalue weighted by Crippen LogP contribution is 2.48. The summed E-state index contributed by atoms with van der Waals surface area (Å²) in [5.41, 5.74) is 10.9. The summed E-state index contributed by atoms with van der Waals surface area (Å²) in [7, 11) is 0. The average Bonchev–Trinajstić information content (AvgIpc) is 3.22. The molecule has 1 aromatic carbocycles. The van der Waals surface area contributed by atoms with E-state index in [9.17, 15) is 9.59 Å². The van der Waals surface area contributed by atoms with E-state index in [1.165, 1.54) is 23.3 Å². The van der Waals surface area contributed by atoms with Crippen molar-refractivity contribution in [3.8, 4) is 0 Å². The highest BCUT2D eigenvalue weighted by molar-refractivity contribution is 5.98. The van der Waals surface area contributed by atoms with Crippen LogP contribution in [0.5, 0.6) is 0 Å². The van der Waals surface area contributed by atoms with Crippen LogP contribution in [0.25, 0.3) is 5.57 Å². The number of benzene rings is 1. The van der Waals surface area contributed by atoms with Gasteiger partial charge in [0.25, 0.3) is 0 Å². The Balaban J connectivity index is 1.82. The fourth-order valence-electron chi connectivity index (χ4n) is 4.91. The molecule has 4 rings (SSSR count). The first-order chi connectivity index (χ1) is 12.5. The van der Waals surface area contributed by atoms with Crippen LogP contribution >= 0.6 is 0 Å². The summed E-state index contributed by atoms with van der Waals surface area (Å²) >= 11 is 0. The molecule has 0 saturated carbocycles. The van der Waals surface area contributed by atoms with Crippen molar-refractivity contribution in [1.29, 1.82) is 0 Å². The Labute approximate surface area is 152 Å². The first kappa shape index (κ1) is 17.0. The second-order valence-corrected chi connectivity index (χ2v) is 7.48. The Morgan fingerprint density at radius 3 is 2.85 bits per heavy atom. The summed E-state index contributed by atoms with van der Waals surface area (Å²) in [5, 5.41) is 0. The largest absolute Gasteiger partial charge is 0.366 e. The van der Waals surface area contributed by atoms with Gasteiger partial charge in [0.1, 0.15) is 5.82 Å². The number of likely N-dealkylation sites (tertiary alicyclic amines) is 1. The van der Waals surface area contributed by atoms with Gasteiger partial charge in [-0.25, -0.2) is 4.39 Å². The zero-order valence-electron chi connectivity index (χ0n) is 14.8. The molecule has 2 amide bonds. The number of carbonyl (C=O) groups is 2. The predicted octanol–water partition coefficient (Wildman–Crippen LogP) is 3.31. The summed E-state index contributed by atoms with van der Waals surface area (Å²) in [6.07, 6.45) is 6.71. The van der Waals surface area contributed by atoms with Crippen LogP contribution in [-0.2, 0) is 11.2 Å². The number of amides is 2. The maximum atomic E-state index is 15.2. The van der Waals surface area contributed by atoms with E-state index in [-0.39, 0.29) is 17.6 Å². The van der Waals surface area contributed by atoms with Crippen molar-refractivity contribution >= 4 is 17.4 Å². The quantitative estimate of drug-likeness (QED) is 0.847. The summed E-state index contributed by atoms with van der Waals surface area (Å²) in [6, 6.07) is 1.31. The van der Waals surface area contributed by atoms with E-state index in [2.05, 4.69) is 6.58 Å². The third kappa shape index (κ3) is 2.57. The van der Waals surface area contributed by atoms with Gasteiger partial charge >= 0.3 is 0 Å². The van der Waals surface area contributed by atoms with Crippen LogP contribution < -0.4 is 5.73 Å². The van der Waals surface area contributed by atoms with Gasteiger partial charge in [-0.2, -0.15) is 0 Å². The summed E-state index contributed by atoms with van der Waals surface area (Å²) in [5.74, 6) is -1.10. The fraction of sp³-hybridized carbons (Fsp3) is 0.429. The maximum Gasteiger partial charge on any atom is 0.249 e. The van der Waals surface area contributed by atoms with Crippen molar-refractivity contribution in [2.24, 2.45) is 5.73 Å². The Bertz CT molecular complexity index is 856. The van der Waals surface area contributed by atoms with Crippen molar-refractivity contribution < 1.29 is 14.0 Å². The minimum absolute atomic E-state index is 0.0595. The van der Waals surface area contributed by atoms with E-state index >= 15 is 4.39 Å². The van der Waals surface area contributed by atoms with Crippen LogP contribution in [0.15, 0.2) is 24.3 Å². The van der Waals surface area contributed by atoms with Crippen LogP contribution in [0.4, 0.5) is 4.39 Å². The van der Waals surface area contributed by atoms with E-state index < -0.39 is 5.91 Å². The lowest BCUT2D eigenvalue weighted by molar-refractivity contribution is -0.127. The van der Waals surface area contributed by atoms with Crippen LogP contribution in [0, 0.1) is 5.82 Å². The number of halogens is 1. The minimum Gasteiger partial charge on any atom is -0.366 e. The lowest BCUT2D eigenvalue weighted by Gasteiger charge is -2.34. The van der Waals surface area contributed by atoms with Crippen molar-refractivity contribution in [2.75, 3.05) is 13.1 Å². The monoisotopic (exact) mass is 354 g/mol. The molecule has 1 fully saturated rings. The van der Waals surface area contributed by atoms with E-state index in [4.69, 9.17) is 5.73 Å². The molecule has 2 aliphatic carbocycles. The van der Waals surface area contributed by atoms with Crippen molar-refractivity contribution in [2.45, 2.75) is 44.4 Å². The lowest BCUT2D eigenvalue weighted by Crippen LogP contribution is -2.38. The topological polar surface area (TPSA) is 63.4 Å². The molecular weight excluding hydrogens is 331 g/mol. The molecule has 4 nitrogen and oxygen atoms in total. The Hall–Kier alpha value is -2.43. The molecule has 26 heavy (non-hydrogen) atoms. The molecule has 0 bridgehead atoms. The Morgan fingerprint density at radius 1 is 1.31 bits per heavy atom. The lowest BCUT2D eigenvalue weighted by atomic mass is 9.82. The van der Waals surface area contributed by atoms with Gasteiger partial charge in [0.15, 0.2) is 0 Å². The van der Waals surface area contributed by atoms with Gasteiger partial charge in [0.2, 0.25) is 11.8 Å². The van der Waals surface area contributed by atoms with Gasteiger partial charge in [-0.1, -0.05) is 12.2 Å². The van der Waals surface area contributed by atoms with Gasteiger partial charge in [-0.3, -0.25) is 9.59 Å². The number of nitrogens with two attached hydrogens (primary N) is 1. The second kappa shape index (κ2) is 6.38. The van der Waals surface area contributed by atoms with E-state index in [1.54, 1.807) is 4.90 Å². The summed E-state index contributed by atoms with van der Waals surface area (Å²) in [4.78, 5) is 25.6. The maximum absolute atomic E-state index is 15.2. The molecule has 0 spiro atoms. The number of nitrogens with zero attached hydrogens (tertiary/aromatic N) is 1. The molecule has 0 aromatic heterocycles. The summed E-state index contributed by atoms with van der Waals surface area (Å²) in [6.45, 7) is 4.73.